The average Bonchev–Trinajstić information content (AvgIpc) is 2.23. The summed E-state index contributed by atoms with van der Waals surface area (Å²) in [5, 5.41) is 13.0. The summed E-state index contributed by atoms with van der Waals surface area (Å²) in [5.74, 6) is 0.0509. The SMILES string of the molecule is CCC1(O)CN(C(C)C(=O)NC(C)(C)CC)C1. The van der Waals surface area contributed by atoms with Crippen LogP contribution in [-0.2, 0) is 4.79 Å². The number of carbonyl (C=O) groups excluding carboxylic acids is 1. The van der Waals surface area contributed by atoms with Crippen molar-refractivity contribution in [3.63, 3.8) is 0 Å². The Morgan fingerprint density at radius 3 is 2.41 bits per heavy atom. The molecule has 0 saturated carbocycles. The lowest BCUT2D eigenvalue weighted by molar-refractivity contribution is -0.144. The zero-order chi connectivity index (χ0) is 13.3. The van der Waals surface area contributed by atoms with Crippen LogP contribution in [0.25, 0.3) is 0 Å². The zero-order valence-electron chi connectivity index (χ0n) is 11.7. The first kappa shape index (κ1) is 14.5. The largest absolute Gasteiger partial charge is 0.387 e. The van der Waals surface area contributed by atoms with Gasteiger partial charge in [-0.1, -0.05) is 13.8 Å². The van der Waals surface area contributed by atoms with Crippen LogP contribution in [0.4, 0.5) is 0 Å². The van der Waals surface area contributed by atoms with Gasteiger partial charge in [0, 0.05) is 18.6 Å². The Morgan fingerprint density at radius 2 is 2.00 bits per heavy atom. The van der Waals surface area contributed by atoms with Crippen LogP contribution in [0.1, 0.15) is 47.5 Å². The number of amides is 1. The molecule has 1 fully saturated rings. The summed E-state index contributed by atoms with van der Waals surface area (Å²) in [7, 11) is 0. The number of rotatable bonds is 5. The van der Waals surface area contributed by atoms with E-state index in [0.29, 0.717) is 13.1 Å². The second-order valence-corrected chi connectivity index (χ2v) is 5.89. The number of aliphatic hydroxyl groups is 1. The molecule has 0 radical (unpaired) electrons. The van der Waals surface area contributed by atoms with Crippen LogP contribution in [0.3, 0.4) is 0 Å². The Kier molecular flexibility index (Phi) is 4.20. The summed E-state index contributed by atoms with van der Waals surface area (Å²) >= 11 is 0. The van der Waals surface area contributed by atoms with Crippen LogP contribution >= 0.6 is 0 Å². The number of hydrogen-bond acceptors (Lipinski definition) is 3. The molecule has 1 heterocycles. The molecular weight excluding hydrogens is 216 g/mol. The second-order valence-electron chi connectivity index (χ2n) is 5.89. The number of likely N-dealkylation sites (tertiary alicyclic amines) is 1. The van der Waals surface area contributed by atoms with Crippen molar-refractivity contribution in [2.24, 2.45) is 0 Å². The third-order valence-corrected chi connectivity index (χ3v) is 3.93. The summed E-state index contributed by atoms with van der Waals surface area (Å²) < 4.78 is 0. The lowest BCUT2D eigenvalue weighted by Crippen LogP contribution is -2.66. The van der Waals surface area contributed by atoms with Crippen molar-refractivity contribution < 1.29 is 9.90 Å². The van der Waals surface area contributed by atoms with Crippen LogP contribution in [0.5, 0.6) is 0 Å². The predicted octanol–water partition coefficient (Wildman–Crippen LogP) is 1.14. The van der Waals surface area contributed by atoms with E-state index < -0.39 is 5.60 Å². The van der Waals surface area contributed by atoms with Crippen LogP contribution < -0.4 is 5.32 Å². The Morgan fingerprint density at radius 1 is 1.47 bits per heavy atom. The molecule has 1 amide bonds. The van der Waals surface area contributed by atoms with Crippen molar-refractivity contribution in [1.82, 2.24) is 10.2 Å². The maximum atomic E-state index is 12.0. The van der Waals surface area contributed by atoms with Gasteiger partial charge in [0.25, 0.3) is 0 Å². The smallest absolute Gasteiger partial charge is 0.237 e. The Hall–Kier alpha value is -0.610. The molecule has 4 heteroatoms. The monoisotopic (exact) mass is 242 g/mol. The van der Waals surface area contributed by atoms with E-state index in [1.54, 1.807) is 0 Å². The van der Waals surface area contributed by atoms with Crippen molar-refractivity contribution >= 4 is 5.91 Å². The van der Waals surface area contributed by atoms with E-state index in [9.17, 15) is 9.90 Å². The highest BCUT2D eigenvalue weighted by Gasteiger charge is 2.43. The third-order valence-electron chi connectivity index (χ3n) is 3.93. The normalized spacial score (nSPS) is 21.8. The molecule has 4 nitrogen and oxygen atoms in total. The second kappa shape index (κ2) is 4.94. The quantitative estimate of drug-likeness (QED) is 0.760. The maximum absolute atomic E-state index is 12.0. The molecule has 0 bridgehead atoms. The molecule has 1 rings (SSSR count). The van der Waals surface area contributed by atoms with Crippen LogP contribution in [0, 0.1) is 0 Å². The van der Waals surface area contributed by atoms with Gasteiger partial charge in [0.05, 0.1) is 11.6 Å². The van der Waals surface area contributed by atoms with E-state index in [1.165, 1.54) is 0 Å². The van der Waals surface area contributed by atoms with Gasteiger partial charge in [-0.05, 0) is 33.6 Å². The summed E-state index contributed by atoms with van der Waals surface area (Å²) in [6.07, 6.45) is 1.66. The van der Waals surface area contributed by atoms with E-state index in [1.807, 2.05) is 32.6 Å². The molecule has 1 unspecified atom stereocenters. The molecule has 2 N–H and O–H groups in total. The molecule has 100 valence electrons. The van der Waals surface area contributed by atoms with Gasteiger partial charge in [-0.2, -0.15) is 0 Å². The highest BCUT2D eigenvalue weighted by molar-refractivity contribution is 5.82. The van der Waals surface area contributed by atoms with Gasteiger partial charge >= 0.3 is 0 Å². The van der Waals surface area contributed by atoms with E-state index in [0.717, 1.165) is 12.8 Å². The number of nitrogens with one attached hydrogen (secondary N) is 1. The van der Waals surface area contributed by atoms with Crippen LogP contribution in [-0.4, -0.2) is 46.2 Å². The van der Waals surface area contributed by atoms with Crippen molar-refractivity contribution in [2.45, 2.75) is 64.6 Å². The van der Waals surface area contributed by atoms with E-state index in [-0.39, 0.29) is 17.5 Å². The predicted molar refractivity (Wildman–Crippen MR) is 68.8 cm³/mol. The fraction of sp³-hybridized carbons (Fsp3) is 0.923. The Labute approximate surface area is 104 Å². The molecule has 0 spiro atoms. The molecule has 0 aromatic heterocycles. The third kappa shape index (κ3) is 3.42. The van der Waals surface area contributed by atoms with Crippen molar-refractivity contribution in [3.05, 3.63) is 0 Å². The Balaban J connectivity index is 2.45. The van der Waals surface area contributed by atoms with Gasteiger partial charge in [0.1, 0.15) is 0 Å². The number of hydrogen-bond donors (Lipinski definition) is 2. The zero-order valence-corrected chi connectivity index (χ0v) is 11.7. The van der Waals surface area contributed by atoms with Gasteiger partial charge in [0.2, 0.25) is 5.91 Å². The summed E-state index contributed by atoms with van der Waals surface area (Å²) in [6, 6.07) is -0.160. The summed E-state index contributed by atoms with van der Waals surface area (Å²) in [4.78, 5) is 14.0. The number of nitrogens with zero attached hydrogens (tertiary/aromatic N) is 1. The number of β-amino-alcohol motifs (C(OH)–C–C–N with tert-alkyl or cyclic N) is 1. The average molecular weight is 242 g/mol. The lowest BCUT2D eigenvalue weighted by atomic mass is 9.89. The first-order valence-corrected chi connectivity index (χ1v) is 6.51. The molecular formula is C13H26N2O2. The molecule has 1 atom stereocenters. The molecule has 0 aromatic carbocycles. The minimum Gasteiger partial charge on any atom is -0.387 e. The molecule has 1 aliphatic rings. The van der Waals surface area contributed by atoms with Gasteiger partial charge < -0.3 is 10.4 Å². The lowest BCUT2D eigenvalue weighted by Gasteiger charge is -2.48. The molecule has 0 aromatic rings. The first-order valence-electron chi connectivity index (χ1n) is 6.51. The van der Waals surface area contributed by atoms with E-state index in [4.69, 9.17) is 0 Å². The van der Waals surface area contributed by atoms with Gasteiger partial charge in [-0.15, -0.1) is 0 Å². The molecule has 0 aliphatic carbocycles. The number of carbonyl (C=O) groups is 1. The van der Waals surface area contributed by atoms with Gasteiger partial charge in [0.15, 0.2) is 0 Å². The fourth-order valence-electron chi connectivity index (χ4n) is 1.90. The maximum Gasteiger partial charge on any atom is 0.237 e. The van der Waals surface area contributed by atoms with Crippen LogP contribution in [0.2, 0.25) is 0 Å². The fourth-order valence-corrected chi connectivity index (χ4v) is 1.90. The van der Waals surface area contributed by atoms with Crippen molar-refractivity contribution in [1.29, 1.82) is 0 Å². The van der Waals surface area contributed by atoms with Crippen LogP contribution in [0.15, 0.2) is 0 Å². The minimum absolute atomic E-state index is 0.0509. The highest BCUT2D eigenvalue weighted by atomic mass is 16.3. The van der Waals surface area contributed by atoms with Gasteiger partial charge in [-0.25, -0.2) is 0 Å². The van der Waals surface area contributed by atoms with Crippen molar-refractivity contribution in [3.8, 4) is 0 Å². The standard InChI is InChI=1S/C13H26N2O2/c1-6-12(4,5)14-11(16)10(3)15-8-13(17,7-2)9-15/h10,17H,6-9H2,1-5H3,(H,14,16). The van der Waals surface area contributed by atoms with E-state index >= 15 is 0 Å². The molecule has 1 saturated heterocycles. The molecule has 17 heavy (non-hydrogen) atoms. The molecule has 1 aliphatic heterocycles. The topological polar surface area (TPSA) is 52.6 Å². The summed E-state index contributed by atoms with van der Waals surface area (Å²) in [6.45, 7) is 11.2. The highest BCUT2D eigenvalue weighted by Crippen LogP contribution is 2.26. The Bertz CT molecular complexity index is 283. The summed E-state index contributed by atoms with van der Waals surface area (Å²) in [5.41, 5.74) is -0.730. The van der Waals surface area contributed by atoms with Gasteiger partial charge in [-0.3, -0.25) is 9.69 Å². The van der Waals surface area contributed by atoms with Crippen molar-refractivity contribution in [2.75, 3.05) is 13.1 Å². The van der Waals surface area contributed by atoms with E-state index in [2.05, 4.69) is 12.2 Å². The first-order chi connectivity index (χ1) is 7.73. The minimum atomic E-state index is -0.575.